The predicted octanol–water partition coefficient (Wildman–Crippen LogP) is 4.96. The van der Waals surface area contributed by atoms with Gasteiger partial charge in [-0.15, -0.1) is 0 Å². The third-order valence-electron chi connectivity index (χ3n) is 6.12. The van der Waals surface area contributed by atoms with E-state index in [-0.39, 0.29) is 6.04 Å². The standard InChI is InChI=1S/C26H26N2O5/c1-29-18-11-8-16(9-12-18)26-28-21(19-6-5-7-23(31-3)25(19)33-26)15-20(27-28)17-10-13-22(30-2)24(14-17)32-4/h5-14,21,26H,15H2,1-4H3. The fourth-order valence-corrected chi connectivity index (χ4v) is 4.42. The zero-order valence-electron chi connectivity index (χ0n) is 19.1. The molecule has 0 bridgehead atoms. The van der Waals surface area contributed by atoms with Crippen LogP contribution >= 0.6 is 0 Å². The van der Waals surface area contributed by atoms with Crippen LogP contribution in [-0.4, -0.2) is 39.2 Å². The summed E-state index contributed by atoms with van der Waals surface area (Å²) < 4.78 is 28.3. The van der Waals surface area contributed by atoms with Crippen LogP contribution in [0, 0.1) is 0 Å². The Hall–Kier alpha value is -3.87. The van der Waals surface area contributed by atoms with E-state index in [1.807, 2.05) is 59.6 Å². The van der Waals surface area contributed by atoms with Gasteiger partial charge in [0.25, 0.3) is 0 Å². The minimum atomic E-state index is -0.401. The molecule has 2 aliphatic heterocycles. The van der Waals surface area contributed by atoms with Gasteiger partial charge in [-0.05, 0) is 48.5 Å². The number of nitrogens with zero attached hydrogens (tertiary/aromatic N) is 2. The Bertz CT molecular complexity index is 1190. The average Bonchev–Trinajstić information content (AvgIpc) is 3.33. The quantitative estimate of drug-likeness (QED) is 0.533. The van der Waals surface area contributed by atoms with Crippen LogP contribution in [0.5, 0.6) is 28.7 Å². The SMILES string of the molecule is COc1ccc(C2Oc3c(OC)cccc3C3CC(c4ccc(OC)c(OC)c4)=NN32)cc1. The Balaban J connectivity index is 1.58. The molecule has 0 fully saturated rings. The monoisotopic (exact) mass is 446 g/mol. The molecule has 7 heteroatoms. The van der Waals surface area contributed by atoms with Crippen molar-refractivity contribution < 1.29 is 23.7 Å². The second-order valence-electron chi connectivity index (χ2n) is 7.84. The van der Waals surface area contributed by atoms with E-state index in [2.05, 4.69) is 6.07 Å². The third-order valence-corrected chi connectivity index (χ3v) is 6.12. The smallest absolute Gasteiger partial charge is 0.214 e. The maximum absolute atomic E-state index is 6.50. The molecule has 0 amide bonds. The highest BCUT2D eigenvalue weighted by Crippen LogP contribution is 2.51. The second kappa shape index (κ2) is 8.58. The lowest BCUT2D eigenvalue weighted by atomic mass is 9.95. The number of ether oxygens (including phenoxy) is 5. The number of hydrogen-bond acceptors (Lipinski definition) is 7. The number of fused-ring (bicyclic) bond motifs is 3. The van der Waals surface area contributed by atoms with E-state index in [1.165, 1.54) is 0 Å². The third kappa shape index (κ3) is 3.59. The van der Waals surface area contributed by atoms with Gasteiger partial charge in [0.15, 0.2) is 23.0 Å². The van der Waals surface area contributed by atoms with Crippen LogP contribution < -0.4 is 23.7 Å². The van der Waals surface area contributed by atoms with Crippen molar-refractivity contribution in [1.82, 2.24) is 5.01 Å². The summed E-state index contributed by atoms with van der Waals surface area (Å²) in [6, 6.07) is 19.7. The van der Waals surface area contributed by atoms with Crippen molar-refractivity contribution in [1.29, 1.82) is 0 Å². The first-order valence-electron chi connectivity index (χ1n) is 10.7. The Kier molecular flexibility index (Phi) is 5.46. The van der Waals surface area contributed by atoms with Gasteiger partial charge < -0.3 is 23.7 Å². The first kappa shape index (κ1) is 21.0. The van der Waals surface area contributed by atoms with Gasteiger partial charge in [-0.3, -0.25) is 0 Å². The lowest BCUT2D eigenvalue weighted by Crippen LogP contribution is -2.33. The predicted molar refractivity (Wildman–Crippen MR) is 125 cm³/mol. The van der Waals surface area contributed by atoms with Crippen LogP contribution in [0.1, 0.15) is 35.4 Å². The van der Waals surface area contributed by atoms with Crippen LogP contribution in [0.15, 0.2) is 65.8 Å². The molecule has 0 spiro atoms. The summed E-state index contributed by atoms with van der Waals surface area (Å²) in [4.78, 5) is 0. The van der Waals surface area contributed by atoms with Crippen LogP contribution in [-0.2, 0) is 0 Å². The van der Waals surface area contributed by atoms with Gasteiger partial charge in [-0.2, -0.15) is 5.10 Å². The molecule has 0 saturated heterocycles. The molecule has 33 heavy (non-hydrogen) atoms. The molecule has 2 aliphatic rings. The number of methoxy groups -OCH3 is 4. The summed E-state index contributed by atoms with van der Waals surface area (Å²) in [5, 5.41) is 7.06. The Morgan fingerprint density at radius 2 is 1.58 bits per heavy atom. The zero-order chi connectivity index (χ0) is 22.9. The first-order chi connectivity index (χ1) is 16.2. The number of rotatable bonds is 6. The van der Waals surface area contributed by atoms with E-state index >= 15 is 0 Å². The molecule has 3 aromatic carbocycles. The normalized spacial score (nSPS) is 18.5. The number of benzene rings is 3. The minimum Gasteiger partial charge on any atom is -0.497 e. The maximum Gasteiger partial charge on any atom is 0.214 e. The van der Waals surface area contributed by atoms with Crippen LogP contribution in [0.2, 0.25) is 0 Å². The van der Waals surface area contributed by atoms with Crippen LogP contribution in [0.3, 0.4) is 0 Å². The fourth-order valence-electron chi connectivity index (χ4n) is 4.42. The Labute approximate surface area is 193 Å². The summed E-state index contributed by atoms with van der Waals surface area (Å²) in [7, 11) is 6.58. The highest BCUT2D eigenvalue weighted by molar-refractivity contribution is 6.02. The molecular weight excluding hydrogens is 420 g/mol. The van der Waals surface area contributed by atoms with Gasteiger partial charge in [0.05, 0.1) is 40.2 Å². The number of para-hydroxylation sites is 1. The number of hydrazone groups is 1. The van der Waals surface area contributed by atoms with Gasteiger partial charge in [-0.25, -0.2) is 5.01 Å². The van der Waals surface area contributed by atoms with Crippen molar-refractivity contribution in [2.24, 2.45) is 5.10 Å². The van der Waals surface area contributed by atoms with Crippen molar-refractivity contribution in [2.45, 2.75) is 18.7 Å². The van der Waals surface area contributed by atoms with Crippen molar-refractivity contribution in [3.8, 4) is 28.7 Å². The summed E-state index contributed by atoms with van der Waals surface area (Å²) in [5.74, 6) is 3.62. The lowest BCUT2D eigenvalue weighted by Gasteiger charge is -2.38. The van der Waals surface area contributed by atoms with E-state index in [4.69, 9.17) is 28.8 Å². The summed E-state index contributed by atoms with van der Waals surface area (Å²) in [6.07, 6.45) is 0.327. The van der Waals surface area contributed by atoms with E-state index < -0.39 is 6.23 Å². The molecule has 0 saturated carbocycles. The van der Waals surface area contributed by atoms with Gasteiger partial charge in [-0.1, -0.05) is 12.1 Å². The fraction of sp³-hybridized carbons (Fsp3) is 0.269. The molecule has 3 aromatic rings. The molecule has 5 rings (SSSR count). The number of hydrogen-bond donors (Lipinski definition) is 0. The molecule has 0 radical (unpaired) electrons. The minimum absolute atomic E-state index is 0.0130. The summed E-state index contributed by atoms with van der Waals surface area (Å²) in [5.41, 5.74) is 3.98. The van der Waals surface area contributed by atoms with Crippen molar-refractivity contribution in [2.75, 3.05) is 28.4 Å². The first-order valence-corrected chi connectivity index (χ1v) is 10.7. The highest BCUT2D eigenvalue weighted by Gasteiger charge is 2.42. The molecule has 0 N–H and O–H groups in total. The Morgan fingerprint density at radius 1 is 0.818 bits per heavy atom. The van der Waals surface area contributed by atoms with E-state index in [0.717, 1.165) is 40.3 Å². The molecule has 0 aliphatic carbocycles. The topological polar surface area (TPSA) is 61.8 Å². The Morgan fingerprint density at radius 3 is 2.27 bits per heavy atom. The van der Waals surface area contributed by atoms with E-state index in [9.17, 15) is 0 Å². The molecular formula is C26H26N2O5. The average molecular weight is 447 g/mol. The molecule has 170 valence electrons. The largest absolute Gasteiger partial charge is 0.497 e. The van der Waals surface area contributed by atoms with Gasteiger partial charge >= 0.3 is 0 Å². The lowest BCUT2D eigenvalue weighted by molar-refractivity contribution is -0.0209. The van der Waals surface area contributed by atoms with E-state index in [0.29, 0.717) is 17.2 Å². The molecule has 7 nitrogen and oxygen atoms in total. The maximum atomic E-state index is 6.50. The molecule has 2 heterocycles. The highest BCUT2D eigenvalue weighted by atomic mass is 16.5. The van der Waals surface area contributed by atoms with Crippen molar-refractivity contribution in [3.63, 3.8) is 0 Å². The van der Waals surface area contributed by atoms with Gasteiger partial charge in [0.2, 0.25) is 6.23 Å². The van der Waals surface area contributed by atoms with Crippen molar-refractivity contribution in [3.05, 3.63) is 77.4 Å². The zero-order valence-corrected chi connectivity index (χ0v) is 19.1. The molecule has 2 unspecified atom stereocenters. The van der Waals surface area contributed by atoms with Crippen LogP contribution in [0.4, 0.5) is 0 Å². The summed E-state index contributed by atoms with van der Waals surface area (Å²) in [6.45, 7) is 0. The van der Waals surface area contributed by atoms with Crippen molar-refractivity contribution >= 4 is 5.71 Å². The summed E-state index contributed by atoms with van der Waals surface area (Å²) >= 11 is 0. The van der Waals surface area contributed by atoms with Gasteiger partial charge in [0.1, 0.15) is 5.75 Å². The van der Waals surface area contributed by atoms with Gasteiger partial charge in [0, 0.05) is 23.1 Å². The van der Waals surface area contributed by atoms with Crippen LogP contribution in [0.25, 0.3) is 0 Å². The molecule has 0 aromatic heterocycles. The van der Waals surface area contributed by atoms with E-state index in [1.54, 1.807) is 28.4 Å². The molecule has 2 atom stereocenters. The second-order valence-corrected chi connectivity index (χ2v) is 7.84.